The topological polar surface area (TPSA) is 69.4 Å². The number of rotatable bonds is 11. The molecule has 0 spiro atoms. The van der Waals surface area contributed by atoms with Crippen LogP contribution >= 0.6 is 0 Å². The summed E-state index contributed by atoms with van der Waals surface area (Å²) in [4.78, 5) is 22.8. The molecule has 0 radical (unpaired) electrons. The molecule has 0 bridgehead atoms. The van der Waals surface area contributed by atoms with E-state index in [9.17, 15) is 9.59 Å². The van der Waals surface area contributed by atoms with Crippen LogP contribution in [0.5, 0.6) is 0 Å². The molecule has 0 rings (SSSR count). The van der Waals surface area contributed by atoms with Gasteiger partial charge in [0.05, 0.1) is 0 Å². The normalized spacial score (nSPS) is 10.9. The molecule has 120 valence electrons. The van der Waals surface area contributed by atoms with E-state index in [-0.39, 0.29) is 29.6 Å². The van der Waals surface area contributed by atoms with Crippen LogP contribution in [0.15, 0.2) is 0 Å². The summed E-state index contributed by atoms with van der Waals surface area (Å²) in [5, 5.41) is 0. The Hall–Kier alpha value is 0.1000. The number of hydrogen-bond acceptors (Lipinski definition) is 4. The first kappa shape index (κ1) is 23.4. The van der Waals surface area contributed by atoms with Crippen molar-refractivity contribution in [1.29, 1.82) is 0 Å². The van der Waals surface area contributed by atoms with E-state index in [1.54, 1.807) is 0 Å². The molecule has 0 saturated carbocycles. The van der Waals surface area contributed by atoms with E-state index in [0.29, 0.717) is 6.42 Å². The van der Waals surface area contributed by atoms with Gasteiger partial charge in [0.1, 0.15) is 5.54 Å². The number of unbranched alkanes of at least 4 members (excludes halogenated alkanes) is 8. The molecule has 0 aliphatic rings. The van der Waals surface area contributed by atoms with Gasteiger partial charge in [0.15, 0.2) is 0 Å². The minimum absolute atomic E-state index is 0. The Balaban J connectivity index is 0. The molecule has 0 saturated heterocycles. The van der Waals surface area contributed by atoms with Crippen LogP contribution < -0.4 is 5.73 Å². The summed E-state index contributed by atoms with van der Waals surface area (Å²) in [6, 6.07) is 0. The molecule has 0 aromatic heterocycles. The number of hydrogen-bond donors (Lipinski definition) is 1. The predicted molar refractivity (Wildman–Crippen MR) is 88.4 cm³/mol. The summed E-state index contributed by atoms with van der Waals surface area (Å²) in [5.41, 5.74) is 4.44. The summed E-state index contributed by atoms with van der Waals surface area (Å²) < 4.78 is 4.68. The quantitative estimate of drug-likeness (QED) is 0.276. The van der Waals surface area contributed by atoms with E-state index in [4.69, 9.17) is 5.73 Å². The van der Waals surface area contributed by atoms with E-state index < -0.39 is 17.5 Å². The van der Waals surface area contributed by atoms with E-state index in [0.717, 1.165) is 19.3 Å². The van der Waals surface area contributed by atoms with Gasteiger partial charge in [-0.05, 0) is 20.3 Å². The Kier molecular flexibility index (Phi) is 15.3. The Morgan fingerprint density at radius 3 is 1.76 bits per heavy atom. The fraction of sp³-hybridized carbons (Fsp3) is 0.875. The average Bonchev–Trinajstić information content (AvgIpc) is 2.35. The molecule has 2 N–H and O–H groups in total. The maximum absolute atomic E-state index is 11.4. The van der Waals surface area contributed by atoms with Gasteiger partial charge in [-0.2, -0.15) is 0 Å². The Bertz CT molecular complexity index is 288. The van der Waals surface area contributed by atoms with Gasteiger partial charge in [-0.3, -0.25) is 4.79 Å². The van der Waals surface area contributed by atoms with Crippen molar-refractivity contribution in [2.45, 2.75) is 90.5 Å². The first-order valence-corrected chi connectivity index (χ1v) is 7.92. The van der Waals surface area contributed by atoms with E-state index >= 15 is 0 Å². The van der Waals surface area contributed by atoms with Crippen LogP contribution in [0.25, 0.3) is 0 Å². The average molecular weight is 309 g/mol. The molecule has 0 heterocycles. The molecule has 21 heavy (non-hydrogen) atoms. The van der Waals surface area contributed by atoms with E-state index in [2.05, 4.69) is 11.7 Å². The van der Waals surface area contributed by atoms with Crippen LogP contribution in [0.2, 0.25) is 0 Å². The standard InChI is InChI=1S/C16H31NO3.Na.H/c1-4-5-6-7-8-9-10-11-12-13-14(18)20-15(19)16(2,3)17;;/h4-13,17H2,1-3H3;;. The molecular weight excluding hydrogens is 277 g/mol. The van der Waals surface area contributed by atoms with Crippen LogP contribution in [0.1, 0.15) is 85.0 Å². The molecule has 0 aliphatic heterocycles. The number of nitrogens with two attached hydrogens (primary N) is 1. The van der Waals surface area contributed by atoms with Crippen molar-refractivity contribution in [2.75, 3.05) is 0 Å². The van der Waals surface area contributed by atoms with Gasteiger partial charge >= 0.3 is 41.5 Å². The van der Waals surface area contributed by atoms with Gasteiger partial charge in [-0.15, -0.1) is 0 Å². The van der Waals surface area contributed by atoms with Crippen LogP contribution in [0, 0.1) is 0 Å². The van der Waals surface area contributed by atoms with Crippen LogP contribution in [0.3, 0.4) is 0 Å². The first-order chi connectivity index (χ1) is 9.38. The summed E-state index contributed by atoms with van der Waals surface area (Å²) in [5.74, 6) is -1.12. The Labute approximate surface area is 151 Å². The zero-order valence-electron chi connectivity index (χ0n) is 13.4. The van der Waals surface area contributed by atoms with Gasteiger partial charge in [0.2, 0.25) is 0 Å². The zero-order chi connectivity index (χ0) is 15.4. The van der Waals surface area contributed by atoms with Crippen LogP contribution in [0.4, 0.5) is 0 Å². The molecule has 0 unspecified atom stereocenters. The summed E-state index contributed by atoms with van der Waals surface area (Å²) in [6.45, 7) is 5.28. The Morgan fingerprint density at radius 1 is 0.905 bits per heavy atom. The summed E-state index contributed by atoms with van der Waals surface area (Å²) in [7, 11) is 0. The van der Waals surface area contributed by atoms with Crippen LogP contribution in [-0.4, -0.2) is 47.0 Å². The van der Waals surface area contributed by atoms with Crippen molar-refractivity contribution in [2.24, 2.45) is 5.73 Å². The molecule has 0 atom stereocenters. The van der Waals surface area contributed by atoms with Gasteiger partial charge in [-0.1, -0.05) is 58.3 Å². The summed E-state index contributed by atoms with van der Waals surface area (Å²) >= 11 is 0. The van der Waals surface area contributed by atoms with Crippen molar-refractivity contribution in [3.63, 3.8) is 0 Å². The first-order valence-electron chi connectivity index (χ1n) is 7.92. The van der Waals surface area contributed by atoms with Crippen molar-refractivity contribution < 1.29 is 14.3 Å². The van der Waals surface area contributed by atoms with Gasteiger partial charge in [-0.25, -0.2) is 4.79 Å². The molecule has 0 amide bonds. The second-order valence-corrected chi connectivity index (χ2v) is 6.06. The third kappa shape index (κ3) is 14.8. The van der Waals surface area contributed by atoms with Crippen LogP contribution in [-0.2, 0) is 14.3 Å². The maximum atomic E-state index is 11.4. The number of esters is 2. The molecule has 0 fully saturated rings. The molecule has 5 heteroatoms. The zero-order valence-corrected chi connectivity index (χ0v) is 13.4. The number of carbonyl (C=O) groups is 2. The predicted octanol–water partition coefficient (Wildman–Crippen LogP) is 3.07. The van der Waals surface area contributed by atoms with Gasteiger partial charge in [0.25, 0.3) is 0 Å². The number of carbonyl (C=O) groups excluding carboxylic acids is 2. The Morgan fingerprint density at radius 2 is 1.33 bits per heavy atom. The van der Waals surface area contributed by atoms with Gasteiger partial charge in [0, 0.05) is 6.42 Å². The fourth-order valence-corrected chi connectivity index (χ4v) is 1.87. The SMILES string of the molecule is CCCCCCCCCCCC(=O)OC(=O)C(C)(C)N.[NaH]. The summed E-state index contributed by atoms with van der Waals surface area (Å²) in [6.07, 6.45) is 11.0. The second-order valence-electron chi connectivity index (χ2n) is 6.06. The molecule has 4 nitrogen and oxygen atoms in total. The van der Waals surface area contributed by atoms with Gasteiger partial charge < -0.3 is 10.5 Å². The van der Waals surface area contributed by atoms with Crippen molar-refractivity contribution in [3.05, 3.63) is 0 Å². The third-order valence-corrected chi connectivity index (χ3v) is 3.22. The van der Waals surface area contributed by atoms with Crippen molar-refractivity contribution in [1.82, 2.24) is 0 Å². The third-order valence-electron chi connectivity index (χ3n) is 3.22. The number of ether oxygens (including phenoxy) is 1. The second kappa shape index (κ2) is 13.7. The monoisotopic (exact) mass is 309 g/mol. The molecular formula is C16H32NNaO3. The molecule has 0 aliphatic carbocycles. The molecule has 0 aromatic carbocycles. The minimum atomic E-state index is -1.10. The molecule has 0 aromatic rings. The fourth-order valence-electron chi connectivity index (χ4n) is 1.87. The van der Waals surface area contributed by atoms with E-state index in [1.165, 1.54) is 52.4 Å². The van der Waals surface area contributed by atoms with Crippen molar-refractivity contribution >= 4 is 41.5 Å². The van der Waals surface area contributed by atoms with Crippen molar-refractivity contribution in [3.8, 4) is 0 Å². The van der Waals surface area contributed by atoms with E-state index in [1.807, 2.05) is 0 Å².